The van der Waals surface area contributed by atoms with Gasteiger partial charge in [0.1, 0.15) is 0 Å². The fraction of sp³-hybridized carbons (Fsp3) is 0.667. The van der Waals surface area contributed by atoms with Crippen molar-refractivity contribution < 1.29 is 4.74 Å². The van der Waals surface area contributed by atoms with E-state index in [1.54, 1.807) is 0 Å². The molecule has 0 amide bonds. The van der Waals surface area contributed by atoms with Gasteiger partial charge in [-0.1, -0.05) is 44.2 Å². The van der Waals surface area contributed by atoms with Crippen molar-refractivity contribution in [3.63, 3.8) is 0 Å². The zero-order chi connectivity index (χ0) is 15.1. The van der Waals surface area contributed by atoms with Crippen LogP contribution in [-0.4, -0.2) is 43.8 Å². The molecule has 0 spiro atoms. The standard InChI is InChI=1S/C18H30N2O/c1-4-17(20(3)14-16-12-9-13-21-16)18(19-5-2)15-10-7-6-8-11-15/h6-8,10-11,16-19H,4-5,9,12-14H2,1-3H3. The van der Waals surface area contributed by atoms with Crippen LogP contribution in [-0.2, 0) is 4.74 Å². The van der Waals surface area contributed by atoms with Crippen LogP contribution in [0.4, 0.5) is 0 Å². The molecular formula is C18H30N2O. The third-order valence-electron chi connectivity index (χ3n) is 4.47. The topological polar surface area (TPSA) is 24.5 Å². The Labute approximate surface area is 129 Å². The summed E-state index contributed by atoms with van der Waals surface area (Å²) in [6, 6.07) is 11.7. The number of benzene rings is 1. The van der Waals surface area contributed by atoms with Gasteiger partial charge in [-0.25, -0.2) is 0 Å². The summed E-state index contributed by atoms with van der Waals surface area (Å²) < 4.78 is 5.80. The molecule has 1 aromatic rings. The molecule has 3 heteroatoms. The van der Waals surface area contributed by atoms with Crippen LogP contribution >= 0.6 is 0 Å². The van der Waals surface area contributed by atoms with Gasteiger partial charge in [0.2, 0.25) is 0 Å². The quantitative estimate of drug-likeness (QED) is 0.795. The van der Waals surface area contributed by atoms with Crippen LogP contribution in [0.1, 0.15) is 44.7 Å². The van der Waals surface area contributed by atoms with Gasteiger partial charge in [0.15, 0.2) is 0 Å². The first-order valence-electron chi connectivity index (χ1n) is 8.36. The maximum absolute atomic E-state index is 5.80. The fourth-order valence-electron chi connectivity index (χ4n) is 3.40. The van der Waals surface area contributed by atoms with Gasteiger partial charge in [-0.15, -0.1) is 0 Å². The van der Waals surface area contributed by atoms with Crippen LogP contribution in [0.2, 0.25) is 0 Å². The maximum Gasteiger partial charge on any atom is 0.0702 e. The number of nitrogens with one attached hydrogen (secondary N) is 1. The molecule has 21 heavy (non-hydrogen) atoms. The lowest BCUT2D eigenvalue weighted by Crippen LogP contribution is -2.45. The van der Waals surface area contributed by atoms with Crippen LogP contribution in [0.3, 0.4) is 0 Å². The molecule has 2 rings (SSSR count). The van der Waals surface area contributed by atoms with E-state index in [0.717, 1.165) is 26.1 Å². The molecule has 3 unspecified atom stereocenters. The minimum absolute atomic E-state index is 0.382. The smallest absolute Gasteiger partial charge is 0.0702 e. The van der Waals surface area contributed by atoms with E-state index in [1.807, 2.05) is 0 Å². The first kappa shape index (κ1) is 16.5. The Morgan fingerprint density at radius 1 is 1.29 bits per heavy atom. The van der Waals surface area contributed by atoms with E-state index in [2.05, 4.69) is 61.4 Å². The number of hydrogen-bond donors (Lipinski definition) is 1. The van der Waals surface area contributed by atoms with Gasteiger partial charge in [-0.3, -0.25) is 4.90 Å². The molecule has 0 bridgehead atoms. The normalized spacial score (nSPS) is 21.6. The van der Waals surface area contributed by atoms with Crippen molar-refractivity contribution in [1.82, 2.24) is 10.2 Å². The molecule has 1 heterocycles. The first-order valence-corrected chi connectivity index (χ1v) is 8.36. The third kappa shape index (κ3) is 4.53. The average molecular weight is 290 g/mol. The van der Waals surface area contributed by atoms with E-state index in [4.69, 9.17) is 4.74 Å². The van der Waals surface area contributed by atoms with E-state index < -0.39 is 0 Å². The van der Waals surface area contributed by atoms with E-state index in [0.29, 0.717) is 18.2 Å². The Morgan fingerprint density at radius 2 is 2.05 bits per heavy atom. The van der Waals surface area contributed by atoms with E-state index in [9.17, 15) is 0 Å². The second kappa shape index (κ2) is 8.52. The highest BCUT2D eigenvalue weighted by Gasteiger charge is 2.27. The molecule has 3 atom stereocenters. The van der Waals surface area contributed by atoms with Crippen LogP contribution in [0.25, 0.3) is 0 Å². The summed E-state index contributed by atoms with van der Waals surface area (Å²) in [5, 5.41) is 3.67. The summed E-state index contributed by atoms with van der Waals surface area (Å²) >= 11 is 0. The summed E-state index contributed by atoms with van der Waals surface area (Å²) in [5.41, 5.74) is 1.38. The van der Waals surface area contributed by atoms with Gasteiger partial charge in [-0.2, -0.15) is 0 Å². The Kier molecular flexibility index (Phi) is 6.68. The van der Waals surface area contributed by atoms with Crippen LogP contribution in [0, 0.1) is 0 Å². The summed E-state index contributed by atoms with van der Waals surface area (Å²) in [7, 11) is 2.24. The molecule has 0 saturated carbocycles. The minimum Gasteiger partial charge on any atom is -0.377 e. The number of ether oxygens (including phenoxy) is 1. The van der Waals surface area contributed by atoms with Crippen molar-refractivity contribution in [2.45, 2.75) is 51.3 Å². The predicted octanol–water partition coefficient (Wildman–Crippen LogP) is 3.23. The lowest BCUT2D eigenvalue weighted by atomic mass is 9.95. The fourth-order valence-corrected chi connectivity index (χ4v) is 3.40. The maximum atomic E-state index is 5.80. The molecule has 1 aliphatic heterocycles. The number of hydrogen-bond acceptors (Lipinski definition) is 3. The molecule has 1 aliphatic rings. The molecule has 0 aliphatic carbocycles. The number of rotatable bonds is 8. The zero-order valence-electron chi connectivity index (χ0n) is 13.7. The molecule has 1 fully saturated rings. The molecular weight excluding hydrogens is 260 g/mol. The zero-order valence-corrected chi connectivity index (χ0v) is 13.7. The van der Waals surface area contributed by atoms with E-state index in [1.165, 1.54) is 18.4 Å². The molecule has 3 nitrogen and oxygen atoms in total. The van der Waals surface area contributed by atoms with Crippen molar-refractivity contribution in [3.05, 3.63) is 35.9 Å². The second-order valence-electron chi connectivity index (χ2n) is 6.00. The Hall–Kier alpha value is -0.900. The van der Waals surface area contributed by atoms with E-state index in [-0.39, 0.29) is 0 Å². The van der Waals surface area contributed by atoms with Crippen molar-refractivity contribution >= 4 is 0 Å². The molecule has 1 aromatic carbocycles. The van der Waals surface area contributed by atoms with Crippen molar-refractivity contribution in [1.29, 1.82) is 0 Å². The van der Waals surface area contributed by atoms with Gasteiger partial charge in [0, 0.05) is 25.2 Å². The lowest BCUT2D eigenvalue weighted by Gasteiger charge is -2.36. The summed E-state index contributed by atoms with van der Waals surface area (Å²) in [6.45, 7) is 7.42. The summed E-state index contributed by atoms with van der Waals surface area (Å²) in [4.78, 5) is 2.48. The van der Waals surface area contributed by atoms with Gasteiger partial charge in [0.25, 0.3) is 0 Å². The van der Waals surface area contributed by atoms with Crippen molar-refractivity contribution in [2.75, 3.05) is 26.7 Å². The lowest BCUT2D eigenvalue weighted by molar-refractivity contribution is 0.0596. The van der Waals surface area contributed by atoms with Gasteiger partial charge in [-0.05, 0) is 38.4 Å². The van der Waals surface area contributed by atoms with Gasteiger partial charge >= 0.3 is 0 Å². The van der Waals surface area contributed by atoms with Gasteiger partial charge < -0.3 is 10.1 Å². The second-order valence-corrected chi connectivity index (χ2v) is 6.00. The Bertz CT molecular complexity index is 389. The Morgan fingerprint density at radius 3 is 2.62 bits per heavy atom. The average Bonchev–Trinajstić information content (AvgIpc) is 3.01. The number of nitrogens with zero attached hydrogens (tertiary/aromatic N) is 1. The van der Waals surface area contributed by atoms with Crippen LogP contribution in [0.5, 0.6) is 0 Å². The summed E-state index contributed by atoms with van der Waals surface area (Å²) in [6.07, 6.45) is 3.97. The number of likely N-dealkylation sites (N-methyl/N-ethyl adjacent to an activating group) is 2. The molecule has 0 aromatic heterocycles. The molecule has 1 saturated heterocycles. The van der Waals surface area contributed by atoms with Crippen molar-refractivity contribution in [2.24, 2.45) is 0 Å². The third-order valence-corrected chi connectivity index (χ3v) is 4.47. The summed E-state index contributed by atoms with van der Waals surface area (Å²) in [5.74, 6) is 0. The highest BCUT2D eigenvalue weighted by molar-refractivity contribution is 5.20. The van der Waals surface area contributed by atoms with Crippen LogP contribution in [0.15, 0.2) is 30.3 Å². The van der Waals surface area contributed by atoms with Crippen LogP contribution < -0.4 is 5.32 Å². The highest BCUT2D eigenvalue weighted by atomic mass is 16.5. The molecule has 0 radical (unpaired) electrons. The monoisotopic (exact) mass is 290 g/mol. The van der Waals surface area contributed by atoms with E-state index >= 15 is 0 Å². The van der Waals surface area contributed by atoms with Crippen molar-refractivity contribution in [3.8, 4) is 0 Å². The molecule has 118 valence electrons. The first-order chi connectivity index (χ1) is 10.3. The Balaban J connectivity index is 2.07. The predicted molar refractivity (Wildman–Crippen MR) is 88.5 cm³/mol. The van der Waals surface area contributed by atoms with Gasteiger partial charge in [0.05, 0.1) is 6.10 Å². The molecule has 1 N–H and O–H groups in total. The SMILES string of the molecule is CCNC(c1ccccc1)C(CC)N(C)CC1CCCO1. The minimum atomic E-state index is 0.382. The highest BCUT2D eigenvalue weighted by Crippen LogP contribution is 2.24. The largest absolute Gasteiger partial charge is 0.377 e.